The smallest absolute Gasteiger partial charge is 0.131 e. The Hall–Kier alpha value is -3.05. The minimum Gasteiger partial charge on any atom is -0.497 e. The van der Waals surface area contributed by atoms with E-state index in [1.807, 2.05) is 42.5 Å². The van der Waals surface area contributed by atoms with Crippen LogP contribution in [0.5, 0.6) is 17.2 Å². The lowest BCUT2D eigenvalue weighted by Gasteiger charge is -2.34. The van der Waals surface area contributed by atoms with Crippen LogP contribution in [-0.4, -0.2) is 21.3 Å². The number of halogens is 1. The maximum absolute atomic E-state index is 14.9. The van der Waals surface area contributed by atoms with Gasteiger partial charge in [-0.25, -0.2) is 4.39 Å². The molecule has 3 aromatic rings. The minimum absolute atomic E-state index is 0.173. The van der Waals surface area contributed by atoms with Crippen molar-refractivity contribution >= 4 is 0 Å². The molecule has 0 spiro atoms. The largest absolute Gasteiger partial charge is 0.497 e. The van der Waals surface area contributed by atoms with Crippen LogP contribution >= 0.6 is 0 Å². The summed E-state index contributed by atoms with van der Waals surface area (Å²) in [6, 6.07) is 18.2. The van der Waals surface area contributed by atoms with Crippen molar-refractivity contribution in [3.63, 3.8) is 0 Å². The number of rotatable bonds is 10. The summed E-state index contributed by atoms with van der Waals surface area (Å²) in [4.78, 5) is 0. The second kappa shape index (κ2) is 10.7. The van der Waals surface area contributed by atoms with Crippen molar-refractivity contribution in [2.45, 2.75) is 39.9 Å². The maximum Gasteiger partial charge on any atom is 0.131 e. The topological polar surface area (TPSA) is 36.9 Å². The molecule has 0 saturated carbocycles. The standard InChI is InChI=1S/C28H33FO4/c1-7-28(2,3)27(32-6)25-17-22(33-18-19-8-10-20(30-4)11-9-19)12-14-23(25)24-16-21(31-5)13-15-26(24)29/h8-17,27H,7,18H2,1-6H3. The number of hydrogen-bond donors (Lipinski definition) is 0. The van der Waals surface area contributed by atoms with Crippen molar-refractivity contribution in [1.82, 2.24) is 0 Å². The molecule has 0 aliphatic carbocycles. The van der Waals surface area contributed by atoms with E-state index in [9.17, 15) is 4.39 Å². The number of hydrogen-bond acceptors (Lipinski definition) is 4. The lowest BCUT2D eigenvalue weighted by atomic mass is 9.78. The van der Waals surface area contributed by atoms with E-state index in [-0.39, 0.29) is 17.3 Å². The quantitative estimate of drug-likeness (QED) is 0.326. The molecule has 0 aliphatic heterocycles. The lowest BCUT2D eigenvalue weighted by molar-refractivity contribution is 0.00316. The van der Waals surface area contributed by atoms with Crippen LogP contribution in [0.4, 0.5) is 4.39 Å². The highest BCUT2D eigenvalue weighted by Crippen LogP contribution is 2.44. The summed E-state index contributed by atoms with van der Waals surface area (Å²) in [5.74, 6) is 1.78. The van der Waals surface area contributed by atoms with Gasteiger partial charge in [-0.1, -0.05) is 39.0 Å². The zero-order valence-electron chi connectivity index (χ0n) is 20.3. The Morgan fingerprint density at radius 2 is 1.42 bits per heavy atom. The molecule has 33 heavy (non-hydrogen) atoms. The highest BCUT2D eigenvalue weighted by Gasteiger charge is 2.32. The molecule has 4 nitrogen and oxygen atoms in total. The lowest BCUT2D eigenvalue weighted by Crippen LogP contribution is -2.23. The summed E-state index contributed by atoms with van der Waals surface area (Å²) in [5, 5.41) is 0. The van der Waals surface area contributed by atoms with Crippen molar-refractivity contribution in [3.05, 3.63) is 77.6 Å². The minimum atomic E-state index is -0.312. The van der Waals surface area contributed by atoms with Crippen LogP contribution in [0.2, 0.25) is 0 Å². The molecule has 0 amide bonds. The van der Waals surface area contributed by atoms with Crippen LogP contribution in [0.25, 0.3) is 11.1 Å². The molecule has 3 aromatic carbocycles. The van der Waals surface area contributed by atoms with Gasteiger partial charge < -0.3 is 18.9 Å². The van der Waals surface area contributed by atoms with E-state index in [4.69, 9.17) is 18.9 Å². The Kier molecular flexibility index (Phi) is 7.98. The van der Waals surface area contributed by atoms with Gasteiger partial charge in [0.15, 0.2) is 0 Å². The molecule has 176 valence electrons. The van der Waals surface area contributed by atoms with E-state index in [2.05, 4.69) is 20.8 Å². The average molecular weight is 453 g/mol. The second-order valence-corrected chi connectivity index (χ2v) is 8.69. The van der Waals surface area contributed by atoms with Gasteiger partial charge in [-0.15, -0.1) is 0 Å². The molecule has 0 fully saturated rings. The van der Waals surface area contributed by atoms with E-state index in [0.717, 1.165) is 28.9 Å². The number of ether oxygens (including phenoxy) is 4. The van der Waals surface area contributed by atoms with Crippen LogP contribution in [0.1, 0.15) is 44.4 Å². The van der Waals surface area contributed by atoms with Gasteiger partial charge >= 0.3 is 0 Å². The zero-order chi connectivity index (χ0) is 24.0. The monoisotopic (exact) mass is 452 g/mol. The molecule has 0 aliphatic rings. The summed E-state index contributed by atoms with van der Waals surface area (Å²) < 4.78 is 37.5. The van der Waals surface area contributed by atoms with Crippen molar-refractivity contribution in [3.8, 4) is 28.4 Å². The normalized spacial score (nSPS) is 12.3. The second-order valence-electron chi connectivity index (χ2n) is 8.69. The highest BCUT2D eigenvalue weighted by molar-refractivity contribution is 5.71. The van der Waals surface area contributed by atoms with Crippen LogP contribution in [0, 0.1) is 11.2 Å². The Balaban J connectivity index is 2.02. The van der Waals surface area contributed by atoms with Crippen LogP contribution in [0.15, 0.2) is 60.7 Å². The van der Waals surface area contributed by atoms with Gasteiger partial charge in [-0.05, 0) is 71.0 Å². The molecule has 3 rings (SSSR count). The van der Waals surface area contributed by atoms with E-state index >= 15 is 0 Å². The maximum atomic E-state index is 14.9. The fourth-order valence-electron chi connectivity index (χ4n) is 3.87. The zero-order valence-corrected chi connectivity index (χ0v) is 20.3. The molecule has 1 atom stereocenters. The molecule has 0 heterocycles. The molecular weight excluding hydrogens is 419 g/mol. The van der Waals surface area contributed by atoms with Crippen LogP contribution < -0.4 is 14.2 Å². The summed E-state index contributed by atoms with van der Waals surface area (Å²) >= 11 is 0. The fraction of sp³-hybridized carbons (Fsp3) is 0.357. The van der Waals surface area contributed by atoms with Crippen molar-refractivity contribution in [2.24, 2.45) is 5.41 Å². The van der Waals surface area contributed by atoms with Gasteiger partial charge in [-0.3, -0.25) is 0 Å². The SMILES string of the molecule is CCC(C)(C)C(OC)c1cc(OCc2ccc(OC)cc2)ccc1-c1cc(OC)ccc1F. The van der Waals surface area contributed by atoms with Gasteiger partial charge in [0.25, 0.3) is 0 Å². The number of methoxy groups -OCH3 is 3. The fourth-order valence-corrected chi connectivity index (χ4v) is 3.87. The van der Waals surface area contributed by atoms with Gasteiger partial charge in [0, 0.05) is 12.7 Å². The first-order valence-corrected chi connectivity index (χ1v) is 11.1. The van der Waals surface area contributed by atoms with Crippen LogP contribution in [0.3, 0.4) is 0 Å². The number of benzene rings is 3. The predicted molar refractivity (Wildman–Crippen MR) is 130 cm³/mol. The summed E-state index contributed by atoms with van der Waals surface area (Å²) in [6.45, 7) is 6.84. The van der Waals surface area contributed by atoms with Crippen molar-refractivity contribution in [1.29, 1.82) is 0 Å². The average Bonchev–Trinajstić information content (AvgIpc) is 2.84. The molecule has 0 radical (unpaired) electrons. The third-order valence-corrected chi connectivity index (χ3v) is 6.19. The molecule has 0 aromatic heterocycles. The Labute approximate surface area is 196 Å². The first kappa shape index (κ1) is 24.6. The summed E-state index contributed by atoms with van der Waals surface area (Å²) in [5.41, 5.74) is 2.96. The summed E-state index contributed by atoms with van der Waals surface area (Å²) in [7, 11) is 4.91. The van der Waals surface area contributed by atoms with Crippen molar-refractivity contribution < 1.29 is 23.3 Å². The molecule has 0 saturated heterocycles. The van der Waals surface area contributed by atoms with E-state index < -0.39 is 0 Å². The Morgan fingerprint density at radius 1 is 0.788 bits per heavy atom. The van der Waals surface area contributed by atoms with E-state index in [1.165, 1.54) is 6.07 Å². The first-order chi connectivity index (χ1) is 15.8. The Bertz CT molecular complexity index is 1060. The van der Waals surface area contributed by atoms with E-state index in [0.29, 0.717) is 23.7 Å². The van der Waals surface area contributed by atoms with Gasteiger partial charge in [0.05, 0.1) is 20.3 Å². The van der Waals surface area contributed by atoms with Gasteiger partial charge in [0.2, 0.25) is 0 Å². The van der Waals surface area contributed by atoms with Crippen LogP contribution in [-0.2, 0) is 11.3 Å². The molecule has 0 N–H and O–H groups in total. The third kappa shape index (κ3) is 5.66. The molecule has 5 heteroatoms. The Morgan fingerprint density at radius 3 is 2.03 bits per heavy atom. The third-order valence-electron chi connectivity index (χ3n) is 6.19. The highest BCUT2D eigenvalue weighted by atomic mass is 19.1. The summed E-state index contributed by atoms with van der Waals surface area (Å²) in [6.07, 6.45) is 0.635. The first-order valence-electron chi connectivity index (χ1n) is 11.1. The predicted octanol–water partition coefficient (Wildman–Crippen LogP) is 7.21. The van der Waals surface area contributed by atoms with Gasteiger partial charge in [0.1, 0.15) is 29.7 Å². The molecular formula is C28H33FO4. The van der Waals surface area contributed by atoms with Crippen molar-refractivity contribution in [2.75, 3.05) is 21.3 Å². The van der Waals surface area contributed by atoms with E-state index in [1.54, 1.807) is 33.5 Å². The molecule has 1 unspecified atom stereocenters. The molecule has 0 bridgehead atoms. The van der Waals surface area contributed by atoms with Gasteiger partial charge in [-0.2, -0.15) is 0 Å².